The molecule has 0 aliphatic carbocycles. The maximum atomic E-state index is 6.05. The van der Waals surface area contributed by atoms with Crippen molar-refractivity contribution in [3.05, 3.63) is 48.5 Å². The zero-order chi connectivity index (χ0) is 18.1. The highest BCUT2D eigenvalue weighted by molar-refractivity contribution is 5.67. The number of anilines is 1. The SMILES string of the molecule is CN1CCC(N(C)Cc2c(-c3ccncc3)nc3ccc(N)cn23)CC1. The van der Waals surface area contributed by atoms with Crippen LogP contribution in [-0.4, -0.2) is 57.4 Å². The van der Waals surface area contributed by atoms with E-state index in [0.29, 0.717) is 6.04 Å². The van der Waals surface area contributed by atoms with Crippen molar-refractivity contribution in [2.24, 2.45) is 0 Å². The molecule has 1 aliphatic heterocycles. The van der Waals surface area contributed by atoms with Gasteiger partial charge in [0.2, 0.25) is 0 Å². The second kappa shape index (κ2) is 7.05. The number of imidazole rings is 1. The third-order valence-corrected chi connectivity index (χ3v) is 5.40. The van der Waals surface area contributed by atoms with E-state index in [1.54, 1.807) is 0 Å². The molecule has 0 amide bonds. The van der Waals surface area contributed by atoms with Crippen LogP contribution >= 0.6 is 0 Å². The monoisotopic (exact) mass is 350 g/mol. The molecule has 26 heavy (non-hydrogen) atoms. The Kier molecular flexibility index (Phi) is 4.61. The molecule has 0 unspecified atom stereocenters. The van der Waals surface area contributed by atoms with E-state index in [1.165, 1.54) is 18.5 Å². The Morgan fingerprint density at radius 3 is 2.62 bits per heavy atom. The van der Waals surface area contributed by atoms with Gasteiger partial charge in [0.1, 0.15) is 5.65 Å². The third-order valence-electron chi connectivity index (χ3n) is 5.40. The van der Waals surface area contributed by atoms with Crippen molar-refractivity contribution in [3.8, 4) is 11.3 Å². The summed E-state index contributed by atoms with van der Waals surface area (Å²) in [6.45, 7) is 3.16. The third kappa shape index (κ3) is 3.30. The number of fused-ring (bicyclic) bond motifs is 1. The van der Waals surface area contributed by atoms with Crippen LogP contribution in [0.1, 0.15) is 18.5 Å². The molecular weight excluding hydrogens is 324 g/mol. The lowest BCUT2D eigenvalue weighted by Crippen LogP contribution is -2.41. The standard InChI is InChI=1S/C20H26N6/c1-24-11-7-17(8-12-24)25(2)14-18-20(15-5-9-22-10-6-15)23-19-4-3-16(21)13-26(18)19/h3-6,9-10,13,17H,7-8,11-12,14,21H2,1-2H3. The highest BCUT2D eigenvalue weighted by atomic mass is 15.2. The van der Waals surface area contributed by atoms with E-state index in [1.807, 2.05) is 42.9 Å². The normalized spacial score (nSPS) is 16.6. The van der Waals surface area contributed by atoms with Crippen LogP contribution < -0.4 is 5.73 Å². The number of hydrogen-bond acceptors (Lipinski definition) is 5. The number of aromatic nitrogens is 3. The first-order valence-electron chi connectivity index (χ1n) is 9.17. The highest BCUT2D eigenvalue weighted by Gasteiger charge is 2.23. The Hall–Kier alpha value is -2.44. The molecule has 0 spiro atoms. The Bertz CT molecular complexity index is 880. The van der Waals surface area contributed by atoms with Gasteiger partial charge in [0.15, 0.2) is 0 Å². The molecular formula is C20H26N6. The molecule has 0 aromatic carbocycles. The van der Waals surface area contributed by atoms with Crippen molar-refractivity contribution in [2.45, 2.75) is 25.4 Å². The maximum absolute atomic E-state index is 6.05. The van der Waals surface area contributed by atoms with Gasteiger partial charge in [0.25, 0.3) is 0 Å². The van der Waals surface area contributed by atoms with Crippen molar-refractivity contribution < 1.29 is 0 Å². The fourth-order valence-electron chi connectivity index (χ4n) is 3.80. The lowest BCUT2D eigenvalue weighted by atomic mass is 10.0. The number of nitrogens with two attached hydrogens (primary N) is 1. The number of pyridine rings is 2. The van der Waals surface area contributed by atoms with Gasteiger partial charge < -0.3 is 15.0 Å². The van der Waals surface area contributed by atoms with Gasteiger partial charge in [0.05, 0.1) is 11.4 Å². The molecule has 4 rings (SSSR count). The van der Waals surface area contributed by atoms with E-state index >= 15 is 0 Å². The van der Waals surface area contributed by atoms with Gasteiger partial charge >= 0.3 is 0 Å². The number of nitrogen functional groups attached to an aromatic ring is 1. The summed E-state index contributed by atoms with van der Waals surface area (Å²) in [6, 6.07) is 8.53. The van der Waals surface area contributed by atoms with Crippen molar-refractivity contribution in [3.63, 3.8) is 0 Å². The molecule has 0 saturated carbocycles. The summed E-state index contributed by atoms with van der Waals surface area (Å²) in [6.07, 6.45) is 8.02. The minimum atomic E-state index is 0.600. The molecule has 2 N–H and O–H groups in total. The summed E-state index contributed by atoms with van der Waals surface area (Å²) in [4.78, 5) is 13.9. The van der Waals surface area contributed by atoms with Gasteiger partial charge in [-0.3, -0.25) is 9.88 Å². The maximum Gasteiger partial charge on any atom is 0.137 e. The molecule has 0 atom stereocenters. The van der Waals surface area contributed by atoms with Gasteiger partial charge in [0, 0.05) is 42.4 Å². The van der Waals surface area contributed by atoms with Crippen LogP contribution in [0, 0.1) is 0 Å². The zero-order valence-electron chi connectivity index (χ0n) is 15.5. The van der Waals surface area contributed by atoms with Crippen LogP contribution in [0.4, 0.5) is 5.69 Å². The lowest BCUT2D eigenvalue weighted by Gasteiger charge is -2.35. The van der Waals surface area contributed by atoms with Crippen molar-refractivity contribution in [2.75, 3.05) is 32.9 Å². The van der Waals surface area contributed by atoms with Gasteiger partial charge in [-0.05, 0) is 64.3 Å². The second-order valence-electron chi connectivity index (χ2n) is 7.28. The fraction of sp³-hybridized carbons (Fsp3) is 0.400. The first-order chi connectivity index (χ1) is 12.6. The summed E-state index contributed by atoms with van der Waals surface area (Å²) in [5, 5.41) is 0. The highest BCUT2D eigenvalue weighted by Crippen LogP contribution is 2.27. The Morgan fingerprint density at radius 2 is 1.88 bits per heavy atom. The van der Waals surface area contributed by atoms with Crippen LogP contribution in [0.5, 0.6) is 0 Å². The zero-order valence-corrected chi connectivity index (χ0v) is 15.5. The van der Waals surface area contributed by atoms with E-state index in [4.69, 9.17) is 10.7 Å². The van der Waals surface area contributed by atoms with Gasteiger partial charge in [-0.2, -0.15) is 0 Å². The van der Waals surface area contributed by atoms with Crippen molar-refractivity contribution >= 4 is 11.3 Å². The van der Waals surface area contributed by atoms with E-state index in [9.17, 15) is 0 Å². The van der Waals surface area contributed by atoms with Crippen LogP contribution in [0.25, 0.3) is 16.9 Å². The molecule has 136 valence electrons. The number of hydrogen-bond donors (Lipinski definition) is 1. The largest absolute Gasteiger partial charge is 0.398 e. The molecule has 0 bridgehead atoms. The molecule has 4 heterocycles. The number of nitrogens with zero attached hydrogens (tertiary/aromatic N) is 5. The molecule has 1 fully saturated rings. The summed E-state index contributed by atoms with van der Waals surface area (Å²) in [7, 11) is 4.42. The van der Waals surface area contributed by atoms with Crippen LogP contribution in [0.2, 0.25) is 0 Å². The quantitative estimate of drug-likeness (QED) is 0.783. The smallest absolute Gasteiger partial charge is 0.137 e. The average molecular weight is 350 g/mol. The first kappa shape index (κ1) is 17.0. The summed E-state index contributed by atoms with van der Waals surface area (Å²) < 4.78 is 2.14. The molecule has 6 heteroatoms. The molecule has 1 aliphatic rings. The van der Waals surface area contributed by atoms with Crippen molar-refractivity contribution in [1.29, 1.82) is 0 Å². The summed E-state index contributed by atoms with van der Waals surface area (Å²) >= 11 is 0. The minimum Gasteiger partial charge on any atom is -0.398 e. The average Bonchev–Trinajstić information content (AvgIpc) is 3.01. The fourth-order valence-corrected chi connectivity index (χ4v) is 3.80. The van der Waals surface area contributed by atoms with Crippen molar-refractivity contribution in [1.82, 2.24) is 24.2 Å². The Labute approximate surface area is 154 Å². The lowest BCUT2D eigenvalue weighted by molar-refractivity contribution is 0.138. The van der Waals surface area contributed by atoms with E-state index in [2.05, 4.69) is 33.3 Å². The number of piperidine rings is 1. The number of rotatable bonds is 4. The van der Waals surface area contributed by atoms with E-state index in [0.717, 1.165) is 42.2 Å². The molecule has 6 nitrogen and oxygen atoms in total. The second-order valence-corrected chi connectivity index (χ2v) is 7.28. The predicted octanol–water partition coefficient (Wildman–Crippen LogP) is 2.50. The Morgan fingerprint density at radius 1 is 1.15 bits per heavy atom. The van der Waals surface area contributed by atoms with Crippen LogP contribution in [0.15, 0.2) is 42.9 Å². The molecule has 3 aromatic rings. The van der Waals surface area contributed by atoms with Gasteiger partial charge in [-0.25, -0.2) is 4.98 Å². The number of likely N-dealkylation sites (tertiary alicyclic amines) is 1. The summed E-state index contributed by atoms with van der Waals surface area (Å²) in [5.41, 5.74) is 11.0. The first-order valence-corrected chi connectivity index (χ1v) is 9.17. The van der Waals surface area contributed by atoms with Crippen LogP contribution in [-0.2, 0) is 6.54 Å². The Balaban J connectivity index is 1.71. The minimum absolute atomic E-state index is 0.600. The predicted molar refractivity (Wildman–Crippen MR) is 105 cm³/mol. The van der Waals surface area contributed by atoms with Gasteiger partial charge in [-0.15, -0.1) is 0 Å². The van der Waals surface area contributed by atoms with E-state index in [-0.39, 0.29) is 0 Å². The van der Waals surface area contributed by atoms with Crippen LogP contribution in [0.3, 0.4) is 0 Å². The molecule has 3 aromatic heterocycles. The summed E-state index contributed by atoms with van der Waals surface area (Å²) in [5.74, 6) is 0. The van der Waals surface area contributed by atoms with Gasteiger partial charge in [-0.1, -0.05) is 0 Å². The molecule has 1 saturated heterocycles. The molecule has 0 radical (unpaired) electrons. The van der Waals surface area contributed by atoms with E-state index < -0.39 is 0 Å². The topological polar surface area (TPSA) is 62.7 Å².